The Bertz CT molecular complexity index is 275. The summed E-state index contributed by atoms with van der Waals surface area (Å²) in [5, 5.41) is 14.7. The fourth-order valence-electron chi connectivity index (χ4n) is 0.917. The Morgan fingerprint density at radius 3 is 2.40 bits per heavy atom. The van der Waals surface area contributed by atoms with Gasteiger partial charge in [0.25, 0.3) is 0 Å². The van der Waals surface area contributed by atoms with E-state index in [2.05, 4.69) is 13.8 Å². The van der Waals surface area contributed by atoms with E-state index >= 15 is 0 Å². The van der Waals surface area contributed by atoms with E-state index in [9.17, 15) is 0 Å². The molecule has 2 N–H and O–H groups in total. The zero-order chi connectivity index (χ0) is 11.8. The highest BCUT2D eigenvalue weighted by Crippen LogP contribution is 2.09. The second-order valence-electron chi connectivity index (χ2n) is 3.78. The first-order valence-corrected chi connectivity index (χ1v) is 5.18. The van der Waals surface area contributed by atoms with E-state index < -0.39 is 0 Å². The van der Waals surface area contributed by atoms with E-state index in [1.165, 1.54) is 5.57 Å². The Kier molecular flexibility index (Phi) is 6.34. The molecule has 0 aromatic rings. The van der Waals surface area contributed by atoms with Gasteiger partial charge in [-0.3, -0.25) is 5.41 Å². The topological polar surface area (TPSA) is 50.9 Å². The van der Waals surface area contributed by atoms with Gasteiger partial charge in [0.2, 0.25) is 0 Å². The standard InChI is InChI=1S/C12H21N3/c1-5-6-7-15(12(14)8-13)9-11(4)10(2)3/h5-6,8-10,13-14H,7H2,1-4H3/b6-5-,11-9+,13-8?,14-12?. The summed E-state index contributed by atoms with van der Waals surface area (Å²) in [5.74, 6) is 0.685. The molecule has 0 aromatic carbocycles. The van der Waals surface area contributed by atoms with Gasteiger partial charge in [-0.15, -0.1) is 0 Å². The Balaban J connectivity index is 4.70. The van der Waals surface area contributed by atoms with Crippen molar-refractivity contribution in [3.05, 3.63) is 23.9 Å². The molecule has 0 rings (SSSR count). The molecule has 3 nitrogen and oxygen atoms in total. The minimum absolute atomic E-state index is 0.216. The van der Waals surface area contributed by atoms with Crippen LogP contribution in [0.5, 0.6) is 0 Å². The van der Waals surface area contributed by atoms with Crippen molar-refractivity contribution < 1.29 is 0 Å². The van der Waals surface area contributed by atoms with E-state index in [4.69, 9.17) is 10.8 Å². The van der Waals surface area contributed by atoms with Crippen molar-refractivity contribution in [2.75, 3.05) is 6.54 Å². The SMILES string of the molecule is C/C=C\CN(/C=C(\C)C(C)C)C(=N)C=N. The van der Waals surface area contributed by atoms with Crippen molar-refractivity contribution in [3.8, 4) is 0 Å². The maximum Gasteiger partial charge on any atom is 0.143 e. The lowest BCUT2D eigenvalue weighted by Gasteiger charge is -2.19. The van der Waals surface area contributed by atoms with E-state index in [1.54, 1.807) is 4.90 Å². The van der Waals surface area contributed by atoms with Crippen molar-refractivity contribution in [2.45, 2.75) is 27.7 Å². The molecular weight excluding hydrogens is 186 g/mol. The van der Waals surface area contributed by atoms with Gasteiger partial charge < -0.3 is 10.3 Å². The third-order valence-electron chi connectivity index (χ3n) is 2.25. The first kappa shape index (κ1) is 13.6. The lowest BCUT2D eigenvalue weighted by Crippen LogP contribution is -2.26. The number of hydrogen-bond acceptors (Lipinski definition) is 2. The van der Waals surface area contributed by atoms with Gasteiger partial charge in [0.1, 0.15) is 5.84 Å². The molecule has 0 aromatic heterocycles. The first-order valence-electron chi connectivity index (χ1n) is 5.18. The van der Waals surface area contributed by atoms with Crippen molar-refractivity contribution in [1.29, 1.82) is 10.8 Å². The largest absolute Gasteiger partial charge is 0.328 e. The molecule has 0 bridgehead atoms. The van der Waals surface area contributed by atoms with Gasteiger partial charge >= 0.3 is 0 Å². The molecule has 0 spiro atoms. The fourth-order valence-corrected chi connectivity index (χ4v) is 0.917. The van der Waals surface area contributed by atoms with Crippen LogP contribution in [0.1, 0.15) is 27.7 Å². The van der Waals surface area contributed by atoms with Gasteiger partial charge in [-0.25, -0.2) is 0 Å². The molecule has 0 atom stereocenters. The maximum absolute atomic E-state index is 7.61. The summed E-state index contributed by atoms with van der Waals surface area (Å²) >= 11 is 0. The molecule has 15 heavy (non-hydrogen) atoms. The summed E-state index contributed by atoms with van der Waals surface area (Å²) in [6.07, 6.45) is 6.93. The highest BCUT2D eigenvalue weighted by molar-refractivity contribution is 6.26. The molecule has 0 unspecified atom stereocenters. The minimum Gasteiger partial charge on any atom is -0.328 e. The predicted molar refractivity (Wildman–Crippen MR) is 66.6 cm³/mol. The zero-order valence-corrected chi connectivity index (χ0v) is 10.0. The van der Waals surface area contributed by atoms with Crippen molar-refractivity contribution in [2.24, 2.45) is 5.92 Å². The van der Waals surface area contributed by atoms with Crippen molar-refractivity contribution >= 4 is 12.1 Å². The van der Waals surface area contributed by atoms with Crippen molar-refractivity contribution in [1.82, 2.24) is 4.90 Å². The maximum atomic E-state index is 7.61. The quantitative estimate of drug-likeness (QED) is 0.406. The molecule has 0 fully saturated rings. The Morgan fingerprint density at radius 1 is 1.40 bits per heavy atom. The Labute approximate surface area is 92.5 Å². The van der Waals surface area contributed by atoms with Crippen LogP contribution in [0.3, 0.4) is 0 Å². The second kappa shape index (κ2) is 6.98. The number of hydrogen-bond donors (Lipinski definition) is 2. The van der Waals surface area contributed by atoms with Crippen molar-refractivity contribution in [3.63, 3.8) is 0 Å². The van der Waals surface area contributed by atoms with Crippen LogP contribution in [-0.4, -0.2) is 23.5 Å². The van der Waals surface area contributed by atoms with Gasteiger partial charge in [0.15, 0.2) is 0 Å². The summed E-state index contributed by atoms with van der Waals surface area (Å²) in [6, 6.07) is 0. The summed E-state index contributed by atoms with van der Waals surface area (Å²) in [5.41, 5.74) is 1.21. The number of amidine groups is 1. The molecule has 0 aliphatic carbocycles. The fraction of sp³-hybridized carbons (Fsp3) is 0.500. The van der Waals surface area contributed by atoms with Crippen LogP contribution >= 0.6 is 0 Å². The third kappa shape index (κ3) is 5.15. The van der Waals surface area contributed by atoms with E-state index in [0.29, 0.717) is 12.5 Å². The highest BCUT2D eigenvalue weighted by atomic mass is 15.1. The molecule has 0 heterocycles. The van der Waals surface area contributed by atoms with Crippen LogP contribution in [0.15, 0.2) is 23.9 Å². The van der Waals surface area contributed by atoms with Gasteiger partial charge in [-0.05, 0) is 19.8 Å². The van der Waals surface area contributed by atoms with Crippen LogP contribution in [0, 0.1) is 16.7 Å². The lowest BCUT2D eigenvalue weighted by atomic mass is 10.1. The van der Waals surface area contributed by atoms with Gasteiger partial charge in [-0.1, -0.05) is 31.6 Å². The normalized spacial score (nSPS) is 12.2. The molecule has 84 valence electrons. The van der Waals surface area contributed by atoms with Gasteiger partial charge in [-0.2, -0.15) is 0 Å². The minimum atomic E-state index is 0.216. The third-order valence-corrected chi connectivity index (χ3v) is 2.25. The summed E-state index contributed by atoms with van der Waals surface area (Å²) < 4.78 is 0. The lowest BCUT2D eigenvalue weighted by molar-refractivity contribution is 0.603. The number of allylic oxidation sites excluding steroid dienone is 2. The van der Waals surface area contributed by atoms with E-state index in [1.807, 2.05) is 32.2 Å². The molecular formula is C12H21N3. The predicted octanol–water partition coefficient (Wildman–Crippen LogP) is 3.05. The molecule has 3 heteroatoms. The van der Waals surface area contributed by atoms with Crippen LogP contribution < -0.4 is 0 Å². The molecule has 0 saturated heterocycles. The average Bonchev–Trinajstić information content (AvgIpc) is 2.22. The smallest absolute Gasteiger partial charge is 0.143 e. The highest BCUT2D eigenvalue weighted by Gasteiger charge is 2.04. The molecule has 0 amide bonds. The number of nitrogens with zero attached hydrogens (tertiary/aromatic N) is 1. The molecule has 0 aliphatic heterocycles. The summed E-state index contributed by atoms with van der Waals surface area (Å²) in [4.78, 5) is 1.77. The van der Waals surface area contributed by atoms with Gasteiger partial charge in [0.05, 0.1) is 6.21 Å². The second-order valence-corrected chi connectivity index (χ2v) is 3.78. The molecule has 0 aliphatic rings. The average molecular weight is 207 g/mol. The number of nitrogens with one attached hydrogen (secondary N) is 2. The van der Waals surface area contributed by atoms with Crippen LogP contribution in [0.25, 0.3) is 0 Å². The molecule has 0 saturated carbocycles. The summed E-state index contributed by atoms with van der Waals surface area (Å²) in [6.45, 7) is 8.88. The Hall–Kier alpha value is -1.38. The van der Waals surface area contributed by atoms with E-state index in [-0.39, 0.29) is 5.84 Å². The number of rotatable bonds is 5. The molecule has 0 radical (unpaired) electrons. The first-order chi connectivity index (χ1) is 7.02. The van der Waals surface area contributed by atoms with Crippen LogP contribution in [0.2, 0.25) is 0 Å². The van der Waals surface area contributed by atoms with E-state index in [0.717, 1.165) is 6.21 Å². The Morgan fingerprint density at radius 2 is 2.00 bits per heavy atom. The van der Waals surface area contributed by atoms with Crippen LogP contribution in [-0.2, 0) is 0 Å². The zero-order valence-electron chi connectivity index (χ0n) is 10.0. The van der Waals surface area contributed by atoms with Gasteiger partial charge in [0, 0.05) is 12.7 Å². The van der Waals surface area contributed by atoms with Crippen LogP contribution in [0.4, 0.5) is 0 Å². The summed E-state index contributed by atoms with van der Waals surface area (Å²) in [7, 11) is 0. The monoisotopic (exact) mass is 207 g/mol.